The molecule has 1 atom stereocenters. The Hall–Kier alpha value is -0.370. The van der Waals surface area contributed by atoms with Gasteiger partial charge in [-0.05, 0) is 33.9 Å². The molecule has 0 rings (SSSR count). The molecule has 0 radical (unpaired) electrons. The van der Waals surface area contributed by atoms with E-state index in [1.54, 1.807) is 0 Å². The van der Waals surface area contributed by atoms with Gasteiger partial charge in [0.15, 0.2) is 5.78 Å². The van der Waals surface area contributed by atoms with Crippen LogP contribution in [0, 0.1) is 0 Å². The summed E-state index contributed by atoms with van der Waals surface area (Å²) in [6.45, 7) is 6.36. The second-order valence-corrected chi connectivity index (χ2v) is 5.11. The van der Waals surface area contributed by atoms with Gasteiger partial charge in [0, 0.05) is 6.42 Å². The van der Waals surface area contributed by atoms with Crippen molar-refractivity contribution in [1.82, 2.24) is 4.90 Å². The number of ketones is 1. The summed E-state index contributed by atoms with van der Waals surface area (Å²) in [5.74, 6) is 0.400. The first kappa shape index (κ1) is 15.6. The largest absolute Gasteiger partial charge is 0.298 e. The number of hydrogen-bond acceptors (Lipinski definition) is 2. The van der Waals surface area contributed by atoms with Crippen LogP contribution >= 0.6 is 0 Å². The van der Waals surface area contributed by atoms with Crippen LogP contribution in [-0.4, -0.2) is 30.3 Å². The average molecular weight is 227 g/mol. The molecule has 0 N–H and O–H groups in total. The SMILES string of the molecule is CCCCCCCC(=O)C(C)(CC)N(C)C. The molecule has 2 heteroatoms. The first-order valence-corrected chi connectivity index (χ1v) is 6.69. The van der Waals surface area contributed by atoms with Crippen LogP contribution in [0.3, 0.4) is 0 Å². The first-order chi connectivity index (χ1) is 7.49. The van der Waals surface area contributed by atoms with Crippen LogP contribution in [0.4, 0.5) is 0 Å². The zero-order valence-corrected chi connectivity index (χ0v) is 11.8. The summed E-state index contributed by atoms with van der Waals surface area (Å²) in [5, 5.41) is 0. The summed E-state index contributed by atoms with van der Waals surface area (Å²) in [5.41, 5.74) is -0.259. The Balaban J connectivity index is 3.94. The van der Waals surface area contributed by atoms with Crippen molar-refractivity contribution >= 4 is 5.78 Å². The van der Waals surface area contributed by atoms with Gasteiger partial charge in [-0.3, -0.25) is 9.69 Å². The smallest absolute Gasteiger partial charge is 0.152 e. The first-order valence-electron chi connectivity index (χ1n) is 6.69. The number of hydrogen-bond donors (Lipinski definition) is 0. The summed E-state index contributed by atoms with van der Waals surface area (Å²) < 4.78 is 0. The van der Waals surface area contributed by atoms with E-state index in [0.717, 1.165) is 19.3 Å². The molecule has 0 aliphatic heterocycles. The lowest BCUT2D eigenvalue weighted by Crippen LogP contribution is -2.47. The van der Waals surface area contributed by atoms with Crippen LogP contribution in [-0.2, 0) is 4.79 Å². The molecule has 16 heavy (non-hydrogen) atoms. The summed E-state index contributed by atoms with van der Waals surface area (Å²) in [4.78, 5) is 14.2. The Bertz CT molecular complexity index is 201. The number of Topliss-reactive ketones (excluding diaryl/α,β-unsaturated/α-hetero) is 1. The van der Waals surface area contributed by atoms with E-state index in [1.807, 2.05) is 14.1 Å². The highest BCUT2D eigenvalue weighted by Crippen LogP contribution is 2.20. The van der Waals surface area contributed by atoms with Crippen LogP contribution in [0.1, 0.15) is 65.7 Å². The van der Waals surface area contributed by atoms with E-state index in [4.69, 9.17) is 0 Å². The second-order valence-electron chi connectivity index (χ2n) is 5.11. The van der Waals surface area contributed by atoms with Crippen molar-refractivity contribution in [3.8, 4) is 0 Å². The quantitative estimate of drug-likeness (QED) is 0.560. The number of carbonyl (C=O) groups excluding carboxylic acids is 1. The van der Waals surface area contributed by atoms with Crippen molar-refractivity contribution in [2.75, 3.05) is 14.1 Å². The van der Waals surface area contributed by atoms with Gasteiger partial charge in [-0.1, -0.05) is 39.5 Å². The molecule has 2 nitrogen and oxygen atoms in total. The van der Waals surface area contributed by atoms with E-state index in [0.29, 0.717) is 5.78 Å². The molecule has 0 amide bonds. The van der Waals surface area contributed by atoms with Crippen molar-refractivity contribution in [2.45, 2.75) is 71.3 Å². The van der Waals surface area contributed by atoms with Crippen LogP contribution < -0.4 is 0 Å². The van der Waals surface area contributed by atoms with Crippen LogP contribution in [0.15, 0.2) is 0 Å². The maximum absolute atomic E-state index is 12.1. The standard InChI is InChI=1S/C14H29NO/c1-6-8-9-10-11-12-13(16)14(3,7-2)15(4)5/h6-12H2,1-5H3. The molecule has 0 aromatic rings. The van der Waals surface area contributed by atoms with Crippen molar-refractivity contribution < 1.29 is 4.79 Å². The molecule has 0 aliphatic carbocycles. The second kappa shape index (κ2) is 7.83. The van der Waals surface area contributed by atoms with Gasteiger partial charge < -0.3 is 0 Å². The molecule has 1 unspecified atom stereocenters. The third-order valence-corrected chi connectivity index (χ3v) is 3.78. The summed E-state index contributed by atoms with van der Waals surface area (Å²) in [6, 6.07) is 0. The highest BCUT2D eigenvalue weighted by atomic mass is 16.1. The van der Waals surface area contributed by atoms with Crippen LogP contribution in [0.25, 0.3) is 0 Å². The normalized spacial score (nSPS) is 15.1. The lowest BCUT2D eigenvalue weighted by molar-refractivity contribution is -0.129. The maximum Gasteiger partial charge on any atom is 0.152 e. The molecule has 0 spiro atoms. The molecule has 0 heterocycles. The molecule has 0 saturated heterocycles. The maximum atomic E-state index is 12.1. The Morgan fingerprint density at radius 3 is 2.06 bits per heavy atom. The van der Waals surface area contributed by atoms with Gasteiger partial charge in [-0.15, -0.1) is 0 Å². The summed E-state index contributed by atoms with van der Waals surface area (Å²) in [6.07, 6.45) is 7.73. The topological polar surface area (TPSA) is 20.3 Å². The molecule has 0 aromatic carbocycles. The molecule has 0 fully saturated rings. The van der Waals surface area contributed by atoms with E-state index in [2.05, 4.69) is 25.7 Å². The molecule has 0 aromatic heterocycles. The zero-order valence-electron chi connectivity index (χ0n) is 11.8. The predicted octanol–water partition coefficient (Wildman–Crippen LogP) is 3.65. The third kappa shape index (κ3) is 4.65. The number of carbonyl (C=O) groups is 1. The predicted molar refractivity (Wildman–Crippen MR) is 70.8 cm³/mol. The van der Waals surface area contributed by atoms with Gasteiger partial charge in [0.05, 0.1) is 5.54 Å². The molecular formula is C14H29NO. The van der Waals surface area contributed by atoms with E-state index < -0.39 is 0 Å². The Morgan fingerprint density at radius 1 is 1.06 bits per heavy atom. The summed E-state index contributed by atoms with van der Waals surface area (Å²) >= 11 is 0. The third-order valence-electron chi connectivity index (χ3n) is 3.78. The fourth-order valence-electron chi connectivity index (χ4n) is 1.92. The summed E-state index contributed by atoms with van der Waals surface area (Å²) in [7, 11) is 4.00. The van der Waals surface area contributed by atoms with Gasteiger partial charge in [0.25, 0.3) is 0 Å². The lowest BCUT2D eigenvalue weighted by atomic mass is 9.88. The van der Waals surface area contributed by atoms with Crippen molar-refractivity contribution in [3.05, 3.63) is 0 Å². The highest BCUT2D eigenvalue weighted by Gasteiger charge is 2.32. The van der Waals surface area contributed by atoms with E-state index in [-0.39, 0.29) is 5.54 Å². The fourth-order valence-corrected chi connectivity index (χ4v) is 1.92. The molecule has 96 valence electrons. The number of likely N-dealkylation sites (N-methyl/N-ethyl adjacent to an activating group) is 1. The highest BCUT2D eigenvalue weighted by molar-refractivity contribution is 5.87. The fraction of sp³-hybridized carbons (Fsp3) is 0.929. The van der Waals surface area contributed by atoms with Crippen molar-refractivity contribution in [1.29, 1.82) is 0 Å². The Morgan fingerprint density at radius 2 is 1.62 bits per heavy atom. The Labute approximate surface area is 101 Å². The monoisotopic (exact) mass is 227 g/mol. The van der Waals surface area contributed by atoms with Gasteiger partial charge in [-0.25, -0.2) is 0 Å². The van der Waals surface area contributed by atoms with Gasteiger partial charge in [0.2, 0.25) is 0 Å². The number of rotatable bonds is 9. The number of unbranched alkanes of at least 4 members (excludes halogenated alkanes) is 4. The molecule has 0 aliphatic rings. The average Bonchev–Trinajstić information content (AvgIpc) is 2.27. The van der Waals surface area contributed by atoms with E-state index in [1.165, 1.54) is 25.7 Å². The van der Waals surface area contributed by atoms with Gasteiger partial charge in [-0.2, -0.15) is 0 Å². The minimum atomic E-state index is -0.259. The van der Waals surface area contributed by atoms with Crippen LogP contribution in [0.2, 0.25) is 0 Å². The molecule has 0 bridgehead atoms. The molecular weight excluding hydrogens is 198 g/mol. The van der Waals surface area contributed by atoms with Gasteiger partial charge in [0.1, 0.15) is 0 Å². The number of nitrogens with zero attached hydrogens (tertiary/aromatic N) is 1. The van der Waals surface area contributed by atoms with Crippen LogP contribution in [0.5, 0.6) is 0 Å². The Kier molecular flexibility index (Phi) is 7.65. The van der Waals surface area contributed by atoms with Crippen molar-refractivity contribution in [2.24, 2.45) is 0 Å². The van der Waals surface area contributed by atoms with E-state index >= 15 is 0 Å². The van der Waals surface area contributed by atoms with Gasteiger partial charge >= 0.3 is 0 Å². The lowest BCUT2D eigenvalue weighted by Gasteiger charge is -2.34. The minimum absolute atomic E-state index is 0.259. The van der Waals surface area contributed by atoms with Crippen molar-refractivity contribution in [3.63, 3.8) is 0 Å². The zero-order chi connectivity index (χ0) is 12.6. The minimum Gasteiger partial charge on any atom is -0.298 e. The molecule has 0 saturated carbocycles. The van der Waals surface area contributed by atoms with E-state index in [9.17, 15) is 4.79 Å².